The van der Waals surface area contributed by atoms with Crippen LogP contribution in [0.4, 0.5) is 0 Å². The highest BCUT2D eigenvalue weighted by Crippen LogP contribution is 2.16. The number of carbonyl (C=O) groups is 1. The average molecular weight is 376 g/mol. The van der Waals surface area contributed by atoms with Crippen LogP contribution in [0.2, 0.25) is 0 Å². The molecule has 0 saturated carbocycles. The van der Waals surface area contributed by atoms with Crippen molar-refractivity contribution in [2.75, 3.05) is 32.8 Å². The second kappa shape index (κ2) is 10.2. The number of hydrogen-bond acceptors (Lipinski definition) is 4. The molecule has 0 radical (unpaired) electrons. The third-order valence-electron chi connectivity index (χ3n) is 4.42. The molecule has 0 spiro atoms. The first-order chi connectivity index (χ1) is 10.7. The van der Waals surface area contributed by atoms with Gasteiger partial charge in [-0.15, -0.1) is 24.8 Å². The zero-order chi connectivity index (χ0) is 15.4. The van der Waals surface area contributed by atoms with Crippen LogP contribution in [0.15, 0.2) is 24.3 Å². The van der Waals surface area contributed by atoms with Crippen molar-refractivity contribution in [3.8, 4) is 0 Å². The van der Waals surface area contributed by atoms with Crippen LogP contribution in [0.3, 0.4) is 0 Å². The number of morpholine rings is 1. The number of hydrogen-bond donors (Lipinski definition) is 2. The first-order valence-electron chi connectivity index (χ1n) is 8.13. The molecule has 1 fully saturated rings. The van der Waals surface area contributed by atoms with Crippen LogP contribution in [0.25, 0.3) is 0 Å². The minimum atomic E-state index is -0.123. The minimum absolute atomic E-state index is 0. The van der Waals surface area contributed by atoms with Crippen molar-refractivity contribution in [1.29, 1.82) is 0 Å². The van der Waals surface area contributed by atoms with E-state index in [0.717, 1.165) is 45.8 Å². The van der Waals surface area contributed by atoms with Gasteiger partial charge in [0, 0.05) is 32.2 Å². The molecule has 1 saturated heterocycles. The van der Waals surface area contributed by atoms with Gasteiger partial charge in [-0.25, -0.2) is 0 Å². The van der Waals surface area contributed by atoms with Crippen molar-refractivity contribution in [2.24, 2.45) is 0 Å². The Morgan fingerprint density at radius 3 is 2.67 bits per heavy atom. The van der Waals surface area contributed by atoms with E-state index in [1.165, 1.54) is 11.1 Å². The molecule has 1 aromatic carbocycles. The Morgan fingerprint density at radius 1 is 1.29 bits per heavy atom. The molecule has 2 unspecified atom stereocenters. The number of carbonyl (C=O) groups excluding carboxylic acids is 1. The monoisotopic (exact) mass is 375 g/mol. The number of rotatable bonds is 4. The molecule has 1 amide bonds. The van der Waals surface area contributed by atoms with Crippen molar-refractivity contribution in [1.82, 2.24) is 15.5 Å². The second-order valence-electron chi connectivity index (χ2n) is 6.23. The van der Waals surface area contributed by atoms with Crippen LogP contribution >= 0.6 is 24.8 Å². The van der Waals surface area contributed by atoms with Crippen LogP contribution < -0.4 is 10.6 Å². The summed E-state index contributed by atoms with van der Waals surface area (Å²) in [6.45, 7) is 7.22. The van der Waals surface area contributed by atoms with Gasteiger partial charge in [-0.05, 0) is 24.5 Å². The maximum atomic E-state index is 12.4. The fourth-order valence-corrected chi connectivity index (χ4v) is 3.20. The van der Waals surface area contributed by atoms with Crippen LogP contribution in [-0.2, 0) is 22.5 Å². The van der Waals surface area contributed by atoms with E-state index in [1.807, 2.05) is 12.1 Å². The van der Waals surface area contributed by atoms with E-state index in [0.29, 0.717) is 0 Å². The maximum Gasteiger partial charge on any atom is 0.237 e. The topological polar surface area (TPSA) is 53.6 Å². The summed E-state index contributed by atoms with van der Waals surface area (Å²) in [4.78, 5) is 14.8. The van der Waals surface area contributed by atoms with Gasteiger partial charge in [0.05, 0.1) is 19.3 Å². The summed E-state index contributed by atoms with van der Waals surface area (Å²) in [5.74, 6) is 0.107. The van der Waals surface area contributed by atoms with E-state index < -0.39 is 0 Å². The summed E-state index contributed by atoms with van der Waals surface area (Å²) in [6, 6.07) is 8.36. The van der Waals surface area contributed by atoms with E-state index >= 15 is 0 Å². The van der Waals surface area contributed by atoms with Gasteiger partial charge in [-0.1, -0.05) is 24.3 Å². The molecule has 24 heavy (non-hydrogen) atoms. The van der Waals surface area contributed by atoms with Crippen LogP contribution in [0.5, 0.6) is 0 Å². The Morgan fingerprint density at radius 2 is 1.96 bits per heavy atom. The lowest BCUT2D eigenvalue weighted by molar-refractivity contribution is -0.124. The Labute approximate surface area is 156 Å². The Hall–Kier alpha value is -0.850. The highest BCUT2D eigenvalue weighted by atomic mass is 35.5. The van der Waals surface area contributed by atoms with E-state index in [2.05, 4.69) is 34.6 Å². The highest BCUT2D eigenvalue weighted by Gasteiger charge is 2.25. The molecule has 7 heteroatoms. The normalized spacial score (nSPS) is 21.6. The summed E-state index contributed by atoms with van der Waals surface area (Å²) in [7, 11) is 0. The van der Waals surface area contributed by atoms with Gasteiger partial charge >= 0.3 is 0 Å². The van der Waals surface area contributed by atoms with E-state index in [-0.39, 0.29) is 42.8 Å². The second-order valence-corrected chi connectivity index (χ2v) is 6.23. The van der Waals surface area contributed by atoms with Crippen molar-refractivity contribution in [3.05, 3.63) is 35.4 Å². The molecule has 2 aliphatic rings. The summed E-state index contributed by atoms with van der Waals surface area (Å²) in [5.41, 5.74) is 2.58. The minimum Gasteiger partial charge on any atom is -0.379 e. The fourth-order valence-electron chi connectivity index (χ4n) is 3.20. The zero-order valence-electron chi connectivity index (χ0n) is 14.0. The molecular weight excluding hydrogens is 349 g/mol. The van der Waals surface area contributed by atoms with Gasteiger partial charge in [-0.3, -0.25) is 9.69 Å². The van der Waals surface area contributed by atoms with Crippen LogP contribution in [0.1, 0.15) is 18.1 Å². The number of benzene rings is 1. The average Bonchev–Trinajstić information content (AvgIpc) is 2.55. The number of amides is 1. The zero-order valence-corrected chi connectivity index (χ0v) is 15.6. The van der Waals surface area contributed by atoms with E-state index in [4.69, 9.17) is 4.74 Å². The quantitative estimate of drug-likeness (QED) is 0.834. The van der Waals surface area contributed by atoms with Gasteiger partial charge in [0.2, 0.25) is 5.91 Å². The molecule has 2 aliphatic heterocycles. The summed E-state index contributed by atoms with van der Waals surface area (Å²) >= 11 is 0. The first kappa shape index (κ1) is 21.2. The Balaban J connectivity index is 0.00000144. The lowest BCUT2D eigenvalue weighted by atomic mass is 9.95. The molecule has 2 heterocycles. The summed E-state index contributed by atoms with van der Waals surface area (Å²) in [5, 5.41) is 6.48. The molecule has 0 bridgehead atoms. The Bertz CT molecular complexity index is 524. The molecule has 136 valence electrons. The van der Waals surface area contributed by atoms with Gasteiger partial charge < -0.3 is 15.4 Å². The van der Waals surface area contributed by atoms with Gasteiger partial charge in [0.25, 0.3) is 0 Å². The van der Waals surface area contributed by atoms with Crippen molar-refractivity contribution >= 4 is 30.7 Å². The van der Waals surface area contributed by atoms with Gasteiger partial charge in [0.15, 0.2) is 0 Å². The summed E-state index contributed by atoms with van der Waals surface area (Å²) in [6.07, 6.45) is 0.770. The molecule has 2 atom stereocenters. The van der Waals surface area contributed by atoms with Gasteiger partial charge in [-0.2, -0.15) is 0 Å². The summed E-state index contributed by atoms with van der Waals surface area (Å²) < 4.78 is 5.35. The van der Waals surface area contributed by atoms with Crippen molar-refractivity contribution < 1.29 is 9.53 Å². The Kier molecular flexibility index (Phi) is 9.02. The predicted octanol–water partition coefficient (Wildman–Crippen LogP) is 1.38. The lowest BCUT2D eigenvalue weighted by Crippen LogP contribution is -2.52. The molecular formula is C17H27Cl2N3O2. The largest absolute Gasteiger partial charge is 0.379 e. The smallest absolute Gasteiger partial charge is 0.237 e. The van der Waals surface area contributed by atoms with E-state index in [1.54, 1.807) is 0 Å². The van der Waals surface area contributed by atoms with Gasteiger partial charge in [0.1, 0.15) is 0 Å². The number of ether oxygens (including phenoxy) is 1. The number of nitrogens with one attached hydrogen (secondary N) is 2. The van der Waals surface area contributed by atoms with E-state index in [9.17, 15) is 4.79 Å². The molecule has 1 aromatic rings. The molecule has 2 N–H and O–H groups in total. The number of fused-ring (bicyclic) bond motifs is 1. The third kappa shape index (κ3) is 5.60. The predicted molar refractivity (Wildman–Crippen MR) is 100 cm³/mol. The molecule has 5 nitrogen and oxygen atoms in total. The molecule has 0 aromatic heterocycles. The lowest BCUT2D eigenvalue weighted by Gasteiger charge is -2.31. The van der Waals surface area contributed by atoms with Crippen molar-refractivity contribution in [2.45, 2.75) is 32.0 Å². The maximum absolute atomic E-state index is 12.4. The highest BCUT2D eigenvalue weighted by molar-refractivity contribution is 5.85. The number of nitrogens with zero attached hydrogens (tertiary/aromatic N) is 1. The third-order valence-corrected chi connectivity index (χ3v) is 4.42. The molecule has 0 aliphatic carbocycles. The van der Waals surface area contributed by atoms with Crippen LogP contribution in [-0.4, -0.2) is 55.7 Å². The molecule has 3 rings (SSSR count). The fraction of sp³-hybridized carbons (Fsp3) is 0.588. The van der Waals surface area contributed by atoms with Crippen LogP contribution in [0, 0.1) is 0 Å². The van der Waals surface area contributed by atoms with Crippen molar-refractivity contribution in [3.63, 3.8) is 0 Å². The standard InChI is InChI=1S/C17H25N3O2.2ClH/c1-13(12-20-6-8-22-9-7-20)19-17(21)16-10-14-4-2-3-5-15(14)11-18-16;;/h2-5,13,16,18H,6-12H2,1H3,(H,19,21);2*1H. The number of halogens is 2. The SMILES string of the molecule is CC(CN1CCOCC1)NC(=O)C1Cc2ccccc2CN1.Cl.Cl. The first-order valence-corrected chi connectivity index (χ1v) is 8.13.